The Labute approximate surface area is 159 Å². The lowest BCUT2D eigenvalue weighted by atomic mass is 10.1. The number of hydrogen-bond donors (Lipinski definition) is 1. The molecule has 0 heterocycles. The lowest BCUT2D eigenvalue weighted by molar-refractivity contribution is 0.601. The quantitative estimate of drug-likeness (QED) is 0.167. The average Bonchev–Trinajstić information content (AvgIpc) is 2.52. The van der Waals surface area contributed by atoms with Crippen LogP contribution in [0.5, 0.6) is 0 Å². The molecule has 0 saturated carbocycles. The second kappa shape index (κ2) is 18.9. The zero-order valence-corrected chi connectivity index (χ0v) is 18.1. The second-order valence-corrected chi connectivity index (χ2v) is 9.52. The van der Waals surface area contributed by atoms with Gasteiger partial charge in [-0.15, -0.1) is 12.6 Å². The molecule has 1 nitrogen and oxygen atoms in total. The number of nitrogens with zero attached hydrogens (tertiary/aromatic N) is 1. The Morgan fingerprint density at radius 2 is 1.04 bits per heavy atom. The highest BCUT2D eigenvalue weighted by Crippen LogP contribution is 2.11. The highest BCUT2D eigenvalue weighted by molar-refractivity contribution is 8.11. The van der Waals surface area contributed by atoms with Crippen molar-refractivity contribution in [2.24, 2.45) is 4.36 Å². The molecule has 0 unspecified atom stereocenters. The van der Waals surface area contributed by atoms with Crippen molar-refractivity contribution in [3.8, 4) is 0 Å². The summed E-state index contributed by atoms with van der Waals surface area (Å²) < 4.78 is 5.15. The summed E-state index contributed by atoms with van der Waals surface area (Å²) in [4.78, 5) is 0. The van der Waals surface area contributed by atoms with Gasteiger partial charge in [0, 0.05) is 11.5 Å². The van der Waals surface area contributed by atoms with Gasteiger partial charge in [-0.2, -0.15) is 0 Å². The van der Waals surface area contributed by atoms with Crippen LogP contribution < -0.4 is 0 Å². The first-order valence-corrected chi connectivity index (χ1v) is 12.2. The van der Waals surface area contributed by atoms with Gasteiger partial charge in [0.25, 0.3) is 0 Å². The van der Waals surface area contributed by atoms with Gasteiger partial charge in [0.05, 0.1) is 0 Å². The van der Waals surface area contributed by atoms with E-state index >= 15 is 0 Å². The summed E-state index contributed by atoms with van der Waals surface area (Å²) in [5.74, 6) is 2.45. The third kappa shape index (κ3) is 18.8. The van der Waals surface area contributed by atoms with Crippen molar-refractivity contribution in [3.63, 3.8) is 0 Å². The minimum Gasteiger partial charge on any atom is -0.209 e. The second-order valence-electron chi connectivity index (χ2n) is 6.49. The molecule has 4 heteroatoms. The van der Waals surface area contributed by atoms with Crippen molar-refractivity contribution in [1.29, 1.82) is 0 Å². The standard InChI is InChI=1S/C19H39NS3/c1-3-5-7-9-11-13-15-17-23(20-19(21)22)18-16-14-12-10-8-6-4-2/h3-18H2,1-2H3,(H,21,22). The molecule has 0 saturated heterocycles. The summed E-state index contributed by atoms with van der Waals surface area (Å²) in [7, 11) is 0.135. The maximum absolute atomic E-state index is 5.08. The molecule has 0 atom stereocenters. The fourth-order valence-electron chi connectivity index (χ4n) is 2.76. The maximum atomic E-state index is 5.08. The van der Waals surface area contributed by atoms with Gasteiger partial charge in [-0.1, -0.05) is 114 Å². The topological polar surface area (TPSA) is 12.4 Å². The molecule has 0 amide bonds. The average molecular weight is 378 g/mol. The Bertz CT molecular complexity index is 283. The van der Waals surface area contributed by atoms with Gasteiger partial charge < -0.3 is 0 Å². The maximum Gasteiger partial charge on any atom is 0.163 e. The van der Waals surface area contributed by atoms with E-state index in [0.29, 0.717) is 4.32 Å². The number of hydrogen-bond acceptors (Lipinski definition) is 1. The Kier molecular flexibility index (Phi) is 19.4. The Morgan fingerprint density at radius 3 is 1.39 bits per heavy atom. The molecule has 0 aromatic rings. The monoisotopic (exact) mass is 377 g/mol. The molecule has 0 aliphatic carbocycles. The summed E-state index contributed by atoms with van der Waals surface area (Å²) in [5.41, 5.74) is 0. The van der Waals surface area contributed by atoms with E-state index in [0.717, 1.165) is 0 Å². The first-order valence-electron chi connectivity index (χ1n) is 9.83. The van der Waals surface area contributed by atoms with Gasteiger partial charge in [-0.05, 0) is 12.8 Å². The van der Waals surface area contributed by atoms with E-state index in [1.807, 2.05) is 0 Å². The Morgan fingerprint density at radius 1 is 0.696 bits per heavy atom. The van der Waals surface area contributed by atoms with Crippen LogP contribution in [0.2, 0.25) is 0 Å². The van der Waals surface area contributed by atoms with E-state index in [1.165, 1.54) is 101 Å². The van der Waals surface area contributed by atoms with Gasteiger partial charge in [-0.25, -0.2) is 4.36 Å². The summed E-state index contributed by atoms with van der Waals surface area (Å²) in [5, 5.41) is 0. The number of thiocarbonyl (C=S) groups is 1. The highest BCUT2D eigenvalue weighted by Gasteiger charge is 2.00. The molecule has 138 valence electrons. The largest absolute Gasteiger partial charge is 0.209 e. The normalized spacial score (nSPS) is 11.1. The van der Waals surface area contributed by atoms with Crippen LogP contribution in [0.4, 0.5) is 0 Å². The molecule has 0 aromatic carbocycles. The van der Waals surface area contributed by atoms with E-state index in [9.17, 15) is 0 Å². The van der Waals surface area contributed by atoms with E-state index in [2.05, 4.69) is 30.8 Å². The molecular weight excluding hydrogens is 338 g/mol. The van der Waals surface area contributed by atoms with Crippen molar-refractivity contribution in [3.05, 3.63) is 0 Å². The molecule has 0 fully saturated rings. The van der Waals surface area contributed by atoms with Crippen LogP contribution in [-0.4, -0.2) is 15.8 Å². The number of rotatable bonds is 16. The van der Waals surface area contributed by atoms with Crippen LogP contribution in [0.25, 0.3) is 0 Å². The first-order chi connectivity index (χ1) is 11.2. The molecule has 0 spiro atoms. The summed E-state index contributed by atoms with van der Waals surface area (Å²) in [6.45, 7) is 4.55. The van der Waals surface area contributed by atoms with Crippen LogP contribution in [-0.2, 0) is 10.7 Å². The van der Waals surface area contributed by atoms with Crippen LogP contribution in [0.1, 0.15) is 104 Å². The van der Waals surface area contributed by atoms with Gasteiger partial charge >= 0.3 is 0 Å². The third-order valence-electron chi connectivity index (χ3n) is 4.17. The Balaban J connectivity index is 3.72. The molecule has 0 bridgehead atoms. The van der Waals surface area contributed by atoms with Crippen molar-refractivity contribution < 1.29 is 0 Å². The smallest absolute Gasteiger partial charge is 0.163 e. The molecule has 0 aromatic heterocycles. The molecule has 23 heavy (non-hydrogen) atoms. The zero-order valence-electron chi connectivity index (χ0n) is 15.5. The molecule has 0 rings (SSSR count). The Hall–Kier alpha value is 0.590. The van der Waals surface area contributed by atoms with Crippen LogP contribution in [0.3, 0.4) is 0 Å². The minimum absolute atomic E-state index is 0.135. The molecule has 0 N–H and O–H groups in total. The van der Waals surface area contributed by atoms with Crippen molar-refractivity contribution in [2.45, 2.75) is 104 Å². The van der Waals surface area contributed by atoms with Gasteiger partial charge in [0.15, 0.2) is 4.32 Å². The SMILES string of the molecule is CCCCCCCCCS(CCCCCCCCC)=NC(=S)S. The lowest BCUT2D eigenvalue weighted by Gasteiger charge is -2.08. The predicted molar refractivity (Wildman–Crippen MR) is 117 cm³/mol. The van der Waals surface area contributed by atoms with Gasteiger partial charge in [-0.3, -0.25) is 0 Å². The minimum atomic E-state index is 0.135. The van der Waals surface area contributed by atoms with E-state index in [4.69, 9.17) is 12.2 Å². The van der Waals surface area contributed by atoms with E-state index < -0.39 is 0 Å². The summed E-state index contributed by atoms with van der Waals surface area (Å²) in [6, 6.07) is 0. The third-order valence-corrected chi connectivity index (χ3v) is 6.58. The van der Waals surface area contributed by atoms with Gasteiger partial charge in [0.1, 0.15) is 0 Å². The predicted octanol–water partition coefficient (Wildman–Crippen LogP) is 7.50. The molecule has 0 radical (unpaired) electrons. The van der Waals surface area contributed by atoms with Gasteiger partial charge in [0.2, 0.25) is 0 Å². The first kappa shape index (κ1) is 23.6. The fraction of sp³-hybridized carbons (Fsp3) is 0.947. The summed E-state index contributed by atoms with van der Waals surface area (Å²) >= 11 is 9.29. The lowest BCUT2D eigenvalue weighted by Crippen LogP contribution is -2.04. The number of unbranched alkanes of at least 4 members (excludes halogenated alkanes) is 12. The molecular formula is C19H39NS3. The van der Waals surface area contributed by atoms with Crippen LogP contribution in [0, 0.1) is 0 Å². The van der Waals surface area contributed by atoms with E-state index in [1.54, 1.807) is 0 Å². The van der Waals surface area contributed by atoms with E-state index in [-0.39, 0.29) is 10.7 Å². The van der Waals surface area contributed by atoms with Crippen LogP contribution in [0.15, 0.2) is 4.36 Å². The molecule has 0 aliphatic rings. The fourth-order valence-corrected chi connectivity index (χ4v) is 5.10. The number of thiol groups is 1. The van der Waals surface area contributed by atoms with Crippen molar-refractivity contribution in [1.82, 2.24) is 0 Å². The van der Waals surface area contributed by atoms with Crippen molar-refractivity contribution in [2.75, 3.05) is 11.5 Å². The molecule has 0 aliphatic heterocycles. The van der Waals surface area contributed by atoms with Crippen molar-refractivity contribution >= 4 is 39.9 Å². The highest BCUT2D eigenvalue weighted by atomic mass is 32.2. The zero-order chi connectivity index (χ0) is 17.2. The van der Waals surface area contributed by atoms with Crippen LogP contribution >= 0.6 is 24.8 Å². The summed E-state index contributed by atoms with van der Waals surface area (Å²) in [6.07, 6.45) is 19.2.